The van der Waals surface area contributed by atoms with Crippen LogP contribution in [0.3, 0.4) is 0 Å². The number of nitrogens with one attached hydrogen (secondary N) is 1. The van der Waals surface area contributed by atoms with Crippen LogP contribution in [-0.2, 0) is 21.5 Å². The topological polar surface area (TPSA) is 75.6 Å². The number of carboxylic acids is 1. The molecule has 0 radical (unpaired) electrons. The van der Waals surface area contributed by atoms with Gasteiger partial charge in [-0.05, 0) is 36.8 Å². The number of amides is 1. The summed E-state index contributed by atoms with van der Waals surface area (Å²) < 4.78 is 4.89. The fourth-order valence-corrected chi connectivity index (χ4v) is 2.75. The molecule has 0 aromatic heterocycles. The SMILES string of the molecule is C=CCOC(=O)NC1(C(=O)O)CCCCc2ccccc21. The van der Waals surface area contributed by atoms with Gasteiger partial charge in [0.05, 0.1) is 0 Å². The zero-order chi connectivity index (χ0) is 15.3. The molecule has 0 saturated heterocycles. The zero-order valence-electron chi connectivity index (χ0n) is 11.8. The molecular formula is C16H19NO4. The van der Waals surface area contributed by atoms with E-state index in [9.17, 15) is 14.7 Å². The summed E-state index contributed by atoms with van der Waals surface area (Å²) in [5, 5.41) is 12.3. The lowest BCUT2D eigenvalue weighted by Crippen LogP contribution is -2.52. The summed E-state index contributed by atoms with van der Waals surface area (Å²) in [5.74, 6) is -1.06. The van der Waals surface area contributed by atoms with Gasteiger partial charge < -0.3 is 15.2 Å². The van der Waals surface area contributed by atoms with Gasteiger partial charge in [-0.2, -0.15) is 0 Å². The van der Waals surface area contributed by atoms with Crippen LogP contribution in [0.2, 0.25) is 0 Å². The van der Waals surface area contributed by atoms with Crippen LogP contribution >= 0.6 is 0 Å². The first-order valence-corrected chi connectivity index (χ1v) is 6.98. The Balaban J connectivity index is 2.39. The lowest BCUT2D eigenvalue weighted by atomic mass is 9.84. The van der Waals surface area contributed by atoms with Gasteiger partial charge in [0.2, 0.25) is 0 Å². The van der Waals surface area contributed by atoms with Gasteiger partial charge in [-0.3, -0.25) is 0 Å². The van der Waals surface area contributed by atoms with Crippen LogP contribution in [0.15, 0.2) is 36.9 Å². The number of aryl methyl sites for hydroxylation is 1. The Morgan fingerprint density at radius 3 is 2.86 bits per heavy atom. The highest BCUT2D eigenvalue weighted by Crippen LogP contribution is 2.34. The van der Waals surface area contributed by atoms with Gasteiger partial charge in [-0.15, -0.1) is 0 Å². The predicted octanol–water partition coefficient (Wildman–Crippen LogP) is 2.61. The number of benzene rings is 1. The predicted molar refractivity (Wildman–Crippen MR) is 78.0 cm³/mol. The van der Waals surface area contributed by atoms with Gasteiger partial charge in [0.25, 0.3) is 0 Å². The summed E-state index contributed by atoms with van der Waals surface area (Å²) in [4.78, 5) is 23.8. The van der Waals surface area contributed by atoms with E-state index in [2.05, 4.69) is 11.9 Å². The number of alkyl carbamates (subject to hydrolysis) is 1. The van der Waals surface area contributed by atoms with Crippen molar-refractivity contribution in [2.75, 3.05) is 6.61 Å². The van der Waals surface area contributed by atoms with E-state index in [1.165, 1.54) is 6.08 Å². The molecule has 2 rings (SSSR count). The van der Waals surface area contributed by atoms with Crippen molar-refractivity contribution in [2.24, 2.45) is 0 Å². The second-order valence-electron chi connectivity index (χ2n) is 5.09. The smallest absolute Gasteiger partial charge is 0.408 e. The van der Waals surface area contributed by atoms with Crippen molar-refractivity contribution in [2.45, 2.75) is 31.2 Å². The molecule has 5 nitrogen and oxygen atoms in total. The van der Waals surface area contributed by atoms with Crippen LogP contribution in [0.5, 0.6) is 0 Å². The van der Waals surface area contributed by atoms with E-state index < -0.39 is 17.6 Å². The standard InChI is InChI=1S/C16H19NO4/c1-2-11-21-15(20)17-16(14(18)19)10-6-5-8-12-7-3-4-9-13(12)16/h2-4,7,9H,1,5-6,8,10-11H2,(H,17,20)(H,18,19). The molecule has 0 bridgehead atoms. The van der Waals surface area contributed by atoms with Crippen LogP contribution in [0.4, 0.5) is 4.79 Å². The number of rotatable bonds is 4. The van der Waals surface area contributed by atoms with E-state index in [0.717, 1.165) is 24.8 Å². The van der Waals surface area contributed by atoms with Crippen molar-refractivity contribution in [3.8, 4) is 0 Å². The molecule has 1 amide bonds. The van der Waals surface area contributed by atoms with Gasteiger partial charge in [0.15, 0.2) is 5.54 Å². The number of carboxylic acid groups (broad SMARTS) is 1. The Hall–Kier alpha value is -2.30. The number of fused-ring (bicyclic) bond motifs is 1. The average molecular weight is 289 g/mol. The first kappa shape index (κ1) is 15.1. The summed E-state index contributed by atoms with van der Waals surface area (Å²) in [6.45, 7) is 3.51. The van der Waals surface area contributed by atoms with E-state index in [-0.39, 0.29) is 6.61 Å². The fourth-order valence-electron chi connectivity index (χ4n) is 2.75. The van der Waals surface area contributed by atoms with Crippen LogP contribution < -0.4 is 5.32 Å². The lowest BCUT2D eigenvalue weighted by Gasteiger charge is -2.30. The summed E-state index contributed by atoms with van der Waals surface area (Å²) in [6, 6.07) is 7.35. The third-order valence-corrected chi connectivity index (χ3v) is 3.74. The van der Waals surface area contributed by atoms with Gasteiger partial charge in [-0.25, -0.2) is 9.59 Å². The Morgan fingerprint density at radius 1 is 1.38 bits per heavy atom. The normalized spacial score (nSPS) is 20.8. The molecule has 1 aliphatic carbocycles. The summed E-state index contributed by atoms with van der Waals surface area (Å²) in [5.41, 5.74) is 0.178. The van der Waals surface area contributed by atoms with Crippen molar-refractivity contribution in [1.29, 1.82) is 0 Å². The zero-order valence-corrected chi connectivity index (χ0v) is 11.8. The van der Waals surface area contributed by atoms with Crippen LogP contribution in [0.1, 0.15) is 30.4 Å². The first-order chi connectivity index (χ1) is 10.1. The van der Waals surface area contributed by atoms with Gasteiger partial charge in [0, 0.05) is 0 Å². The van der Waals surface area contributed by atoms with Gasteiger partial charge in [-0.1, -0.05) is 36.9 Å². The Bertz CT molecular complexity index is 555. The minimum Gasteiger partial charge on any atom is -0.479 e. The molecule has 5 heteroatoms. The minimum atomic E-state index is -1.43. The quantitative estimate of drug-likeness (QED) is 0.660. The molecule has 1 aliphatic rings. The van der Waals surface area contributed by atoms with Crippen molar-refractivity contribution >= 4 is 12.1 Å². The second kappa shape index (κ2) is 6.43. The minimum absolute atomic E-state index is 0.0448. The molecule has 0 heterocycles. The maximum atomic E-state index is 11.9. The van der Waals surface area contributed by atoms with E-state index in [1.54, 1.807) is 12.1 Å². The highest BCUT2D eigenvalue weighted by Gasteiger charge is 2.44. The second-order valence-corrected chi connectivity index (χ2v) is 5.09. The van der Waals surface area contributed by atoms with E-state index >= 15 is 0 Å². The Labute approximate surface area is 123 Å². The van der Waals surface area contributed by atoms with Crippen molar-refractivity contribution in [1.82, 2.24) is 5.32 Å². The average Bonchev–Trinajstić information content (AvgIpc) is 2.66. The molecule has 0 aliphatic heterocycles. The number of ether oxygens (including phenoxy) is 1. The van der Waals surface area contributed by atoms with Crippen LogP contribution in [0.25, 0.3) is 0 Å². The number of aliphatic carboxylic acids is 1. The molecule has 112 valence electrons. The molecule has 0 spiro atoms. The summed E-state index contributed by atoms with van der Waals surface area (Å²) in [6.07, 6.45) is 3.48. The van der Waals surface area contributed by atoms with Crippen LogP contribution in [0, 0.1) is 0 Å². The third kappa shape index (κ3) is 3.07. The molecule has 1 aromatic carbocycles. The van der Waals surface area contributed by atoms with E-state index in [1.807, 2.05) is 12.1 Å². The highest BCUT2D eigenvalue weighted by molar-refractivity contribution is 5.86. The Morgan fingerprint density at radius 2 is 2.14 bits per heavy atom. The number of carbonyl (C=O) groups is 2. The fraction of sp³-hybridized carbons (Fsp3) is 0.375. The molecule has 0 fully saturated rings. The maximum absolute atomic E-state index is 11.9. The van der Waals surface area contributed by atoms with Crippen molar-refractivity contribution in [3.63, 3.8) is 0 Å². The van der Waals surface area contributed by atoms with E-state index in [4.69, 9.17) is 4.74 Å². The molecule has 1 unspecified atom stereocenters. The monoisotopic (exact) mass is 289 g/mol. The summed E-state index contributed by atoms with van der Waals surface area (Å²) in [7, 11) is 0. The lowest BCUT2D eigenvalue weighted by molar-refractivity contribution is -0.145. The number of carbonyl (C=O) groups excluding carboxylic acids is 1. The molecule has 1 atom stereocenters. The van der Waals surface area contributed by atoms with Crippen molar-refractivity contribution in [3.05, 3.63) is 48.0 Å². The van der Waals surface area contributed by atoms with Gasteiger partial charge >= 0.3 is 12.1 Å². The highest BCUT2D eigenvalue weighted by atomic mass is 16.5. The van der Waals surface area contributed by atoms with Crippen molar-refractivity contribution < 1.29 is 19.4 Å². The Kier molecular flexibility index (Phi) is 4.62. The first-order valence-electron chi connectivity index (χ1n) is 6.98. The van der Waals surface area contributed by atoms with Gasteiger partial charge in [0.1, 0.15) is 6.61 Å². The largest absolute Gasteiger partial charge is 0.479 e. The summed E-state index contributed by atoms with van der Waals surface area (Å²) >= 11 is 0. The number of hydrogen-bond donors (Lipinski definition) is 2. The molecule has 1 aromatic rings. The maximum Gasteiger partial charge on any atom is 0.408 e. The van der Waals surface area contributed by atoms with E-state index in [0.29, 0.717) is 12.0 Å². The molecule has 0 saturated carbocycles. The van der Waals surface area contributed by atoms with Crippen LogP contribution in [-0.4, -0.2) is 23.8 Å². The molecule has 21 heavy (non-hydrogen) atoms. The molecule has 2 N–H and O–H groups in total. The third-order valence-electron chi connectivity index (χ3n) is 3.74. The molecular weight excluding hydrogens is 270 g/mol. The number of hydrogen-bond acceptors (Lipinski definition) is 3.